The second-order valence-electron chi connectivity index (χ2n) is 1.08. The molecule has 0 N–H and O–H groups in total. The summed E-state index contributed by atoms with van der Waals surface area (Å²) in [5, 5.41) is 7.42. The van der Waals surface area contributed by atoms with E-state index in [1.807, 2.05) is 0 Å². The zero-order valence-electron chi connectivity index (χ0n) is 3.52. The fraction of sp³-hybridized carbons (Fsp3) is 1.00. The Bertz CT molecular complexity index is 46.8. The van der Waals surface area contributed by atoms with Gasteiger partial charge < -0.3 is 0 Å². The third kappa shape index (κ3) is 1.31. The van der Waals surface area contributed by atoms with E-state index < -0.39 is 0 Å². The Labute approximate surface area is 41.7 Å². The number of azo groups is 1. The summed E-state index contributed by atoms with van der Waals surface area (Å²) in [5.74, 6) is 0. The predicted molar refractivity (Wildman–Crippen MR) is 25.0 cm³/mol. The van der Waals surface area contributed by atoms with Gasteiger partial charge in [0, 0.05) is 11.0 Å². The van der Waals surface area contributed by atoms with Crippen LogP contribution >= 0.6 is 0 Å². The highest BCUT2D eigenvalue weighted by molar-refractivity contribution is 5.75. The highest BCUT2D eigenvalue weighted by atomic mass is 28.1. The predicted octanol–water partition coefficient (Wildman–Crippen LogP) is 0.462. The summed E-state index contributed by atoms with van der Waals surface area (Å²) in [6.07, 6.45) is 1.17. The summed E-state index contributed by atoms with van der Waals surface area (Å²) in [6, 6.07) is 0. The molecular formula is C3H6N2Si. The van der Waals surface area contributed by atoms with Crippen molar-refractivity contribution in [1.29, 1.82) is 0 Å². The molecule has 0 spiro atoms. The van der Waals surface area contributed by atoms with Gasteiger partial charge in [0.2, 0.25) is 0 Å². The first-order chi connectivity index (χ1) is 2.50. The van der Waals surface area contributed by atoms with Crippen LogP contribution in [0.3, 0.4) is 0 Å². The Kier molecular flexibility index (Phi) is 2.93. The molecule has 0 bridgehead atoms. The average molecular weight is 98.2 g/mol. The number of rotatable bonds is 0. The van der Waals surface area contributed by atoms with Gasteiger partial charge in [-0.05, 0) is 6.42 Å². The quantitative estimate of drug-likeness (QED) is 0.393. The summed E-state index contributed by atoms with van der Waals surface area (Å²) in [7, 11) is 0. The van der Waals surface area contributed by atoms with E-state index in [0.717, 1.165) is 13.1 Å². The van der Waals surface area contributed by atoms with Crippen molar-refractivity contribution < 1.29 is 0 Å². The molecule has 1 rings (SSSR count). The molecule has 0 saturated heterocycles. The molecule has 0 aromatic rings. The fourth-order valence-corrected chi connectivity index (χ4v) is 0.354. The number of hydrogen-bond donors (Lipinski definition) is 0. The minimum absolute atomic E-state index is 0. The van der Waals surface area contributed by atoms with Crippen LogP contribution in [0.4, 0.5) is 0 Å². The van der Waals surface area contributed by atoms with Gasteiger partial charge in [0.15, 0.2) is 0 Å². The molecule has 0 aromatic heterocycles. The first-order valence-electron chi connectivity index (χ1n) is 1.83. The molecule has 4 radical (unpaired) electrons. The Hall–Kier alpha value is -0.183. The number of hydrogen-bond acceptors (Lipinski definition) is 2. The van der Waals surface area contributed by atoms with Gasteiger partial charge in [-0.25, -0.2) is 0 Å². The lowest BCUT2D eigenvalue weighted by atomic mass is 10.5. The maximum Gasteiger partial charge on any atom is 0.0617 e. The van der Waals surface area contributed by atoms with E-state index in [0.29, 0.717) is 0 Å². The lowest BCUT2D eigenvalue weighted by Crippen LogP contribution is -1.68. The molecule has 2 nitrogen and oxygen atoms in total. The molecule has 0 atom stereocenters. The van der Waals surface area contributed by atoms with Crippen molar-refractivity contribution in [2.75, 3.05) is 13.1 Å². The Morgan fingerprint density at radius 3 is 1.67 bits per heavy atom. The van der Waals surface area contributed by atoms with Crippen LogP contribution in [0.15, 0.2) is 10.2 Å². The second-order valence-corrected chi connectivity index (χ2v) is 1.08. The fourth-order valence-electron chi connectivity index (χ4n) is 0.354. The van der Waals surface area contributed by atoms with Crippen molar-refractivity contribution >= 4 is 11.0 Å². The molecule has 0 aromatic carbocycles. The molecule has 1 heterocycles. The third-order valence-electron chi connectivity index (χ3n) is 0.616. The standard InChI is InChI=1S/C3H6N2.Si/c1-2-4-5-3-1;/h1-3H2;. The van der Waals surface area contributed by atoms with Crippen LogP contribution < -0.4 is 0 Å². The summed E-state index contributed by atoms with van der Waals surface area (Å²) in [5.41, 5.74) is 0. The maximum absolute atomic E-state index is 3.71. The summed E-state index contributed by atoms with van der Waals surface area (Å²) in [4.78, 5) is 0. The Balaban J connectivity index is 0.000000250. The molecule has 0 fully saturated rings. The van der Waals surface area contributed by atoms with E-state index in [9.17, 15) is 0 Å². The van der Waals surface area contributed by atoms with Crippen molar-refractivity contribution in [2.24, 2.45) is 10.2 Å². The Morgan fingerprint density at radius 1 is 1.00 bits per heavy atom. The lowest BCUT2D eigenvalue weighted by molar-refractivity contribution is 0.979. The molecule has 0 aliphatic carbocycles. The van der Waals surface area contributed by atoms with Crippen molar-refractivity contribution in [3.8, 4) is 0 Å². The summed E-state index contributed by atoms with van der Waals surface area (Å²) >= 11 is 0. The van der Waals surface area contributed by atoms with E-state index in [1.165, 1.54) is 6.42 Å². The topological polar surface area (TPSA) is 24.7 Å². The van der Waals surface area contributed by atoms with Gasteiger partial charge in [-0.15, -0.1) is 0 Å². The van der Waals surface area contributed by atoms with E-state index >= 15 is 0 Å². The molecule has 1 aliphatic rings. The molecule has 1 aliphatic heterocycles. The molecular weight excluding hydrogens is 92.1 g/mol. The minimum Gasteiger partial charge on any atom is -0.194 e. The van der Waals surface area contributed by atoms with Crippen LogP contribution in [0.1, 0.15) is 6.42 Å². The van der Waals surface area contributed by atoms with Gasteiger partial charge in [-0.2, -0.15) is 10.2 Å². The zero-order chi connectivity index (χ0) is 3.54. The van der Waals surface area contributed by atoms with E-state index in [2.05, 4.69) is 10.2 Å². The summed E-state index contributed by atoms with van der Waals surface area (Å²) < 4.78 is 0. The van der Waals surface area contributed by atoms with Gasteiger partial charge in [-0.1, -0.05) is 0 Å². The molecule has 3 heteroatoms. The normalized spacial score (nSPS) is 17.3. The monoisotopic (exact) mass is 98.0 g/mol. The largest absolute Gasteiger partial charge is 0.194 e. The van der Waals surface area contributed by atoms with E-state index in [4.69, 9.17) is 0 Å². The molecule has 0 unspecified atom stereocenters. The molecule has 32 valence electrons. The Morgan fingerprint density at radius 2 is 1.50 bits per heavy atom. The van der Waals surface area contributed by atoms with E-state index in [-0.39, 0.29) is 11.0 Å². The van der Waals surface area contributed by atoms with Crippen molar-refractivity contribution in [1.82, 2.24) is 0 Å². The SMILES string of the molecule is C1CN=NC1.[Si]. The smallest absolute Gasteiger partial charge is 0.0617 e. The van der Waals surface area contributed by atoms with Crippen LogP contribution in [0.2, 0.25) is 0 Å². The van der Waals surface area contributed by atoms with Crippen LogP contribution in [0.25, 0.3) is 0 Å². The molecule has 0 amide bonds. The molecule has 0 saturated carbocycles. The van der Waals surface area contributed by atoms with Crippen LogP contribution in [0, 0.1) is 0 Å². The highest BCUT2D eigenvalue weighted by Gasteiger charge is 1.87. The highest BCUT2D eigenvalue weighted by Crippen LogP contribution is 1.91. The van der Waals surface area contributed by atoms with E-state index in [1.54, 1.807) is 0 Å². The van der Waals surface area contributed by atoms with Crippen molar-refractivity contribution in [3.05, 3.63) is 0 Å². The average Bonchev–Trinajstić information content (AvgIpc) is 1.76. The van der Waals surface area contributed by atoms with Crippen molar-refractivity contribution in [2.45, 2.75) is 6.42 Å². The third-order valence-corrected chi connectivity index (χ3v) is 0.616. The van der Waals surface area contributed by atoms with Gasteiger partial charge in [0.05, 0.1) is 13.1 Å². The van der Waals surface area contributed by atoms with Crippen LogP contribution in [-0.4, -0.2) is 24.1 Å². The first-order valence-corrected chi connectivity index (χ1v) is 1.83. The second kappa shape index (κ2) is 3.02. The first kappa shape index (κ1) is 5.82. The molecule has 6 heavy (non-hydrogen) atoms. The zero-order valence-corrected chi connectivity index (χ0v) is 4.52. The maximum atomic E-state index is 3.71. The summed E-state index contributed by atoms with van der Waals surface area (Å²) in [6.45, 7) is 1.92. The van der Waals surface area contributed by atoms with Gasteiger partial charge in [0.1, 0.15) is 0 Å². The van der Waals surface area contributed by atoms with Gasteiger partial charge in [-0.3, -0.25) is 0 Å². The lowest BCUT2D eigenvalue weighted by Gasteiger charge is -1.63. The number of nitrogens with zero attached hydrogens (tertiary/aromatic N) is 2. The van der Waals surface area contributed by atoms with Gasteiger partial charge in [0.25, 0.3) is 0 Å². The van der Waals surface area contributed by atoms with Crippen molar-refractivity contribution in [3.63, 3.8) is 0 Å². The minimum atomic E-state index is 0. The van der Waals surface area contributed by atoms with Crippen LogP contribution in [-0.2, 0) is 0 Å². The van der Waals surface area contributed by atoms with Gasteiger partial charge >= 0.3 is 0 Å². The van der Waals surface area contributed by atoms with Crippen LogP contribution in [0.5, 0.6) is 0 Å².